The molecule has 0 aromatic heterocycles. The third-order valence-corrected chi connectivity index (χ3v) is 3.87. The second kappa shape index (κ2) is 9.27. The van der Waals surface area contributed by atoms with Crippen LogP contribution in [0.15, 0.2) is 77.9 Å². The fourth-order valence-corrected chi connectivity index (χ4v) is 2.44. The van der Waals surface area contributed by atoms with E-state index in [-0.39, 0.29) is 23.0 Å². The zero-order chi connectivity index (χ0) is 20.6. The van der Waals surface area contributed by atoms with Crippen LogP contribution in [0.1, 0.15) is 26.3 Å². The summed E-state index contributed by atoms with van der Waals surface area (Å²) < 4.78 is 23.8. The summed E-state index contributed by atoms with van der Waals surface area (Å²) in [6, 6.07) is 18.6. The molecular weight excluding hydrogens is 375 g/mol. The Balaban J connectivity index is 1.68. The first-order valence-electron chi connectivity index (χ1n) is 8.61. The average Bonchev–Trinajstić information content (AvgIpc) is 2.75. The Morgan fingerprint density at radius 1 is 0.931 bits per heavy atom. The third-order valence-electron chi connectivity index (χ3n) is 3.87. The number of nitrogens with one attached hydrogen (secondary N) is 1. The van der Waals surface area contributed by atoms with Crippen molar-refractivity contribution in [1.29, 1.82) is 0 Å². The molecule has 7 heteroatoms. The number of rotatable bonds is 6. The van der Waals surface area contributed by atoms with Crippen molar-refractivity contribution in [2.45, 2.75) is 0 Å². The van der Waals surface area contributed by atoms with Crippen molar-refractivity contribution in [3.8, 4) is 11.5 Å². The van der Waals surface area contributed by atoms with Gasteiger partial charge in [0.1, 0.15) is 5.82 Å². The molecule has 0 aliphatic carbocycles. The predicted molar refractivity (Wildman–Crippen MR) is 106 cm³/mol. The van der Waals surface area contributed by atoms with Gasteiger partial charge in [-0.2, -0.15) is 5.10 Å². The number of halogens is 1. The zero-order valence-electron chi connectivity index (χ0n) is 15.5. The topological polar surface area (TPSA) is 77.0 Å². The van der Waals surface area contributed by atoms with E-state index in [0.29, 0.717) is 11.1 Å². The molecule has 0 unspecified atom stereocenters. The van der Waals surface area contributed by atoms with Crippen LogP contribution in [0.25, 0.3) is 0 Å². The molecule has 3 rings (SSSR count). The minimum absolute atomic E-state index is 0.0846. The number of hydrazone groups is 1. The Bertz CT molecular complexity index is 1050. The van der Waals surface area contributed by atoms with E-state index < -0.39 is 11.8 Å². The number of amides is 1. The molecule has 1 amide bonds. The standard InChI is InChI=1S/C22H17FN2O4/c1-28-20-12-15(14-24-25-21(26)16-6-3-2-4-7-16)10-11-19(20)29-22(27)17-8-5-9-18(23)13-17/h2-14H,1H3,(H,25,26)/b24-14-. The molecule has 3 aromatic rings. The van der Waals surface area contributed by atoms with Gasteiger partial charge in [-0.1, -0.05) is 24.3 Å². The highest BCUT2D eigenvalue weighted by molar-refractivity contribution is 5.95. The van der Waals surface area contributed by atoms with Crippen LogP contribution in [0, 0.1) is 5.82 Å². The Hall–Kier alpha value is -4.00. The fourth-order valence-electron chi connectivity index (χ4n) is 2.44. The van der Waals surface area contributed by atoms with Gasteiger partial charge in [0.05, 0.1) is 18.9 Å². The maximum absolute atomic E-state index is 13.3. The minimum Gasteiger partial charge on any atom is -0.493 e. The van der Waals surface area contributed by atoms with Gasteiger partial charge in [-0.25, -0.2) is 14.6 Å². The van der Waals surface area contributed by atoms with Crippen LogP contribution in [0.3, 0.4) is 0 Å². The monoisotopic (exact) mass is 392 g/mol. The summed E-state index contributed by atoms with van der Waals surface area (Å²) in [6.45, 7) is 0. The number of hydrogen-bond donors (Lipinski definition) is 1. The number of nitrogens with zero attached hydrogens (tertiary/aromatic N) is 1. The molecule has 0 saturated carbocycles. The van der Waals surface area contributed by atoms with Gasteiger partial charge in [0.2, 0.25) is 0 Å². The molecule has 0 aliphatic heterocycles. The van der Waals surface area contributed by atoms with Gasteiger partial charge in [0.25, 0.3) is 5.91 Å². The first-order chi connectivity index (χ1) is 14.1. The number of ether oxygens (including phenoxy) is 2. The van der Waals surface area contributed by atoms with Crippen LogP contribution in [-0.4, -0.2) is 25.2 Å². The summed E-state index contributed by atoms with van der Waals surface area (Å²) in [5.41, 5.74) is 3.61. The second-order valence-electron chi connectivity index (χ2n) is 5.88. The lowest BCUT2D eigenvalue weighted by atomic mass is 10.2. The van der Waals surface area contributed by atoms with E-state index >= 15 is 0 Å². The van der Waals surface area contributed by atoms with Crippen LogP contribution >= 0.6 is 0 Å². The lowest BCUT2D eigenvalue weighted by Crippen LogP contribution is -2.17. The smallest absolute Gasteiger partial charge is 0.343 e. The molecule has 3 aromatic carbocycles. The number of carbonyl (C=O) groups is 2. The largest absolute Gasteiger partial charge is 0.493 e. The normalized spacial score (nSPS) is 10.6. The Morgan fingerprint density at radius 3 is 2.41 bits per heavy atom. The molecule has 6 nitrogen and oxygen atoms in total. The van der Waals surface area contributed by atoms with Crippen molar-refractivity contribution in [2.24, 2.45) is 5.10 Å². The van der Waals surface area contributed by atoms with Crippen LogP contribution in [0.2, 0.25) is 0 Å². The van der Waals surface area contributed by atoms with E-state index in [1.165, 1.54) is 37.6 Å². The van der Waals surface area contributed by atoms with E-state index in [4.69, 9.17) is 9.47 Å². The summed E-state index contributed by atoms with van der Waals surface area (Å²) >= 11 is 0. The molecule has 0 radical (unpaired) electrons. The van der Waals surface area contributed by atoms with Gasteiger partial charge >= 0.3 is 5.97 Å². The molecule has 0 fully saturated rings. The Kier molecular flexibility index (Phi) is 6.32. The number of hydrogen-bond acceptors (Lipinski definition) is 5. The number of esters is 1. The molecule has 0 aliphatic rings. The van der Waals surface area contributed by atoms with Gasteiger partial charge in [0.15, 0.2) is 11.5 Å². The summed E-state index contributed by atoms with van der Waals surface area (Å²) in [5, 5.41) is 3.91. The zero-order valence-corrected chi connectivity index (χ0v) is 15.5. The van der Waals surface area contributed by atoms with Crippen LogP contribution < -0.4 is 14.9 Å². The van der Waals surface area contributed by atoms with Crippen molar-refractivity contribution in [3.63, 3.8) is 0 Å². The van der Waals surface area contributed by atoms with Crippen LogP contribution in [-0.2, 0) is 0 Å². The summed E-state index contributed by atoms with van der Waals surface area (Å²) in [6.07, 6.45) is 1.43. The van der Waals surface area contributed by atoms with Gasteiger partial charge in [-0.3, -0.25) is 4.79 Å². The van der Waals surface area contributed by atoms with Gasteiger partial charge in [-0.05, 0) is 54.1 Å². The SMILES string of the molecule is COc1cc(/C=N\NC(=O)c2ccccc2)ccc1OC(=O)c1cccc(F)c1. The van der Waals surface area contributed by atoms with Crippen LogP contribution in [0.5, 0.6) is 11.5 Å². The van der Waals surface area contributed by atoms with Crippen molar-refractivity contribution in [2.75, 3.05) is 7.11 Å². The maximum Gasteiger partial charge on any atom is 0.343 e. The minimum atomic E-state index is -0.709. The van der Waals surface area contributed by atoms with Crippen molar-refractivity contribution >= 4 is 18.1 Å². The first kappa shape index (κ1) is 19.8. The number of methoxy groups -OCH3 is 1. The van der Waals surface area contributed by atoms with E-state index in [1.807, 2.05) is 6.07 Å². The summed E-state index contributed by atoms with van der Waals surface area (Å²) in [4.78, 5) is 24.1. The van der Waals surface area contributed by atoms with Crippen molar-refractivity contribution in [1.82, 2.24) is 5.43 Å². The maximum atomic E-state index is 13.3. The van der Waals surface area contributed by atoms with Gasteiger partial charge in [-0.15, -0.1) is 0 Å². The highest BCUT2D eigenvalue weighted by atomic mass is 19.1. The lowest BCUT2D eigenvalue weighted by Gasteiger charge is -2.10. The molecule has 29 heavy (non-hydrogen) atoms. The van der Waals surface area contributed by atoms with Gasteiger partial charge < -0.3 is 9.47 Å². The number of carbonyl (C=O) groups excluding carboxylic acids is 2. The molecule has 0 saturated heterocycles. The van der Waals surface area contributed by atoms with E-state index in [2.05, 4.69) is 10.5 Å². The molecule has 146 valence electrons. The third kappa shape index (κ3) is 5.26. The van der Waals surface area contributed by atoms with E-state index in [0.717, 1.165) is 6.07 Å². The molecular formula is C22H17FN2O4. The number of benzene rings is 3. The Labute approximate surface area is 166 Å². The van der Waals surface area contributed by atoms with E-state index in [9.17, 15) is 14.0 Å². The molecule has 1 N–H and O–H groups in total. The predicted octanol–water partition coefficient (Wildman–Crippen LogP) is 3.82. The second-order valence-corrected chi connectivity index (χ2v) is 5.88. The van der Waals surface area contributed by atoms with Crippen LogP contribution in [0.4, 0.5) is 4.39 Å². The summed E-state index contributed by atoms with van der Waals surface area (Å²) in [5.74, 6) is -1.12. The van der Waals surface area contributed by atoms with Gasteiger partial charge in [0, 0.05) is 5.56 Å². The lowest BCUT2D eigenvalue weighted by molar-refractivity contribution is 0.0729. The molecule has 0 heterocycles. The quantitative estimate of drug-likeness (QED) is 0.299. The molecule has 0 bridgehead atoms. The average molecular weight is 392 g/mol. The molecule has 0 spiro atoms. The highest BCUT2D eigenvalue weighted by Crippen LogP contribution is 2.28. The summed E-state index contributed by atoms with van der Waals surface area (Å²) in [7, 11) is 1.42. The molecule has 0 atom stereocenters. The fraction of sp³-hybridized carbons (Fsp3) is 0.0455. The van der Waals surface area contributed by atoms with Crippen molar-refractivity contribution in [3.05, 3.63) is 95.3 Å². The van der Waals surface area contributed by atoms with E-state index in [1.54, 1.807) is 36.4 Å². The highest BCUT2D eigenvalue weighted by Gasteiger charge is 2.13. The Morgan fingerprint density at radius 2 is 1.69 bits per heavy atom. The van der Waals surface area contributed by atoms with Crippen molar-refractivity contribution < 1.29 is 23.5 Å². The first-order valence-corrected chi connectivity index (χ1v) is 8.61.